The van der Waals surface area contributed by atoms with E-state index >= 15 is 0 Å². The second-order valence-corrected chi connectivity index (χ2v) is 9.73. The summed E-state index contributed by atoms with van der Waals surface area (Å²) < 4.78 is 22.1. The first-order valence-electron chi connectivity index (χ1n) is 9.14. The van der Waals surface area contributed by atoms with Crippen molar-refractivity contribution in [3.05, 3.63) is 62.0 Å². The zero-order valence-corrected chi connectivity index (χ0v) is 18.7. The van der Waals surface area contributed by atoms with Gasteiger partial charge in [0.1, 0.15) is 5.56 Å². The molecule has 2 atom stereocenters. The Morgan fingerprint density at radius 3 is 2.73 bits per heavy atom. The lowest BCUT2D eigenvalue weighted by atomic mass is 10.1. The minimum absolute atomic E-state index is 0.0509. The summed E-state index contributed by atoms with van der Waals surface area (Å²) in [6.07, 6.45) is 4.04. The molecule has 2 aromatic rings. The van der Waals surface area contributed by atoms with Crippen molar-refractivity contribution in [3.63, 3.8) is 0 Å². The summed E-state index contributed by atoms with van der Waals surface area (Å²) in [4.78, 5) is 25.7. The lowest BCUT2D eigenvalue weighted by Crippen LogP contribution is -2.31. The van der Waals surface area contributed by atoms with Crippen LogP contribution in [-0.2, 0) is 21.0 Å². The van der Waals surface area contributed by atoms with Crippen LogP contribution in [0.5, 0.6) is 0 Å². The van der Waals surface area contributed by atoms with E-state index < -0.39 is 15.6 Å². The van der Waals surface area contributed by atoms with Gasteiger partial charge in [0, 0.05) is 25.0 Å². The molecule has 2 N–H and O–H groups in total. The highest BCUT2D eigenvalue weighted by Gasteiger charge is 2.23. The Hall–Kier alpha value is -2.61. The molecule has 2 unspecified atom stereocenters. The Morgan fingerprint density at radius 1 is 1.43 bits per heavy atom. The summed E-state index contributed by atoms with van der Waals surface area (Å²) in [5, 5.41) is 11.4. The predicted octanol–water partition coefficient (Wildman–Crippen LogP) is 1.87. The number of nitrogens with zero attached hydrogens (tertiary/aromatic N) is 2. The van der Waals surface area contributed by atoms with Crippen molar-refractivity contribution in [1.29, 1.82) is 5.26 Å². The molecule has 158 valence electrons. The van der Waals surface area contributed by atoms with Crippen molar-refractivity contribution >= 4 is 37.4 Å². The molecule has 2 heterocycles. The van der Waals surface area contributed by atoms with E-state index in [1.54, 1.807) is 36.7 Å². The summed E-state index contributed by atoms with van der Waals surface area (Å²) in [6.45, 7) is 3.20. The Balaban J connectivity index is 1.77. The van der Waals surface area contributed by atoms with Crippen molar-refractivity contribution in [2.45, 2.75) is 30.8 Å². The molecule has 1 saturated heterocycles. The zero-order valence-electron chi connectivity index (χ0n) is 16.3. The molecule has 1 amide bonds. The molecular formula is C20H21BrN4O4S. The van der Waals surface area contributed by atoms with Crippen molar-refractivity contribution in [2.24, 2.45) is 0 Å². The number of pyridine rings is 1. The summed E-state index contributed by atoms with van der Waals surface area (Å²) in [5.74, 6) is 3.03. The van der Waals surface area contributed by atoms with Gasteiger partial charge in [-0.1, -0.05) is 12.1 Å². The highest BCUT2D eigenvalue weighted by Crippen LogP contribution is 2.23. The van der Waals surface area contributed by atoms with Gasteiger partial charge >= 0.3 is 0 Å². The van der Waals surface area contributed by atoms with Gasteiger partial charge in [0.05, 0.1) is 31.7 Å². The highest BCUT2D eigenvalue weighted by atomic mass is 79.9. The molecule has 0 saturated carbocycles. The van der Waals surface area contributed by atoms with Gasteiger partial charge in [-0.25, -0.2) is 8.93 Å². The van der Waals surface area contributed by atoms with E-state index in [2.05, 4.69) is 31.8 Å². The van der Waals surface area contributed by atoms with Gasteiger partial charge in [-0.3, -0.25) is 9.59 Å². The number of hydrogen-bond donors (Lipinski definition) is 2. The van der Waals surface area contributed by atoms with Crippen molar-refractivity contribution in [2.75, 3.05) is 13.2 Å². The van der Waals surface area contributed by atoms with Crippen LogP contribution in [0.15, 0.2) is 44.6 Å². The summed E-state index contributed by atoms with van der Waals surface area (Å²) in [6, 6.07) is 6.60. The maximum atomic E-state index is 12.7. The fourth-order valence-electron chi connectivity index (χ4n) is 3.21. The average molecular weight is 493 g/mol. The van der Waals surface area contributed by atoms with Crippen LogP contribution in [0.1, 0.15) is 34.1 Å². The minimum atomic E-state index is -2.89. The first-order chi connectivity index (χ1) is 14.2. The number of carbonyl (C=O) groups is 1. The van der Waals surface area contributed by atoms with Crippen molar-refractivity contribution in [1.82, 2.24) is 14.6 Å². The fraction of sp³-hybridized carbons (Fsp3) is 0.300. The first kappa shape index (κ1) is 22.1. The van der Waals surface area contributed by atoms with Crippen LogP contribution in [0.4, 0.5) is 0 Å². The molecule has 10 heteroatoms. The van der Waals surface area contributed by atoms with Crippen LogP contribution in [0.2, 0.25) is 0 Å². The Morgan fingerprint density at radius 2 is 2.13 bits per heavy atom. The molecule has 1 aliphatic heterocycles. The molecule has 0 bridgehead atoms. The zero-order chi connectivity index (χ0) is 21.9. The second-order valence-electron chi connectivity index (χ2n) is 6.91. The Kier molecular flexibility index (Phi) is 6.65. The third-order valence-electron chi connectivity index (χ3n) is 4.93. The third kappa shape index (κ3) is 4.59. The molecular weight excluding hydrogens is 472 g/mol. The maximum absolute atomic E-state index is 12.7. The highest BCUT2D eigenvalue weighted by molar-refractivity contribution is 9.10. The molecule has 1 aromatic carbocycles. The average Bonchev–Trinajstić information content (AvgIpc) is 3.25. The molecule has 8 nitrogen and oxygen atoms in total. The number of halogens is 1. The van der Waals surface area contributed by atoms with E-state index in [0.29, 0.717) is 22.6 Å². The molecule has 0 aliphatic carbocycles. The Bertz CT molecular complexity index is 1160. The van der Waals surface area contributed by atoms with E-state index in [1.165, 1.54) is 0 Å². The van der Waals surface area contributed by atoms with Crippen LogP contribution in [0, 0.1) is 18.4 Å². The lowest BCUT2D eigenvalue weighted by molar-refractivity contribution is 0.0948. The number of ether oxygens (including phenoxy) is 1. The van der Waals surface area contributed by atoms with Gasteiger partial charge in [0.2, 0.25) is 5.43 Å². The third-order valence-corrected chi connectivity index (χ3v) is 7.32. The van der Waals surface area contributed by atoms with Crippen LogP contribution < -0.4 is 15.5 Å². The van der Waals surface area contributed by atoms with E-state index in [0.717, 1.165) is 17.7 Å². The predicted molar refractivity (Wildman–Crippen MR) is 118 cm³/mol. The van der Waals surface area contributed by atoms with Gasteiger partial charge in [0.15, 0.2) is 6.19 Å². The SMILES string of the molecule is C=S(=O)(NC#N)c1ccc(CNC(=O)c2cn(C3CCOC3)c(C)c(Br)c2=O)cc1. The summed E-state index contributed by atoms with van der Waals surface area (Å²) >= 11 is 3.32. The molecule has 1 fully saturated rings. The van der Waals surface area contributed by atoms with Crippen LogP contribution >= 0.6 is 15.9 Å². The van der Waals surface area contributed by atoms with Crippen molar-refractivity contribution in [3.8, 4) is 6.19 Å². The fourth-order valence-corrected chi connectivity index (χ4v) is 4.47. The van der Waals surface area contributed by atoms with Crippen LogP contribution in [0.3, 0.4) is 0 Å². The second kappa shape index (κ2) is 9.04. The van der Waals surface area contributed by atoms with Gasteiger partial charge < -0.3 is 14.6 Å². The number of nitriles is 1. The van der Waals surface area contributed by atoms with Crippen LogP contribution in [0.25, 0.3) is 0 Å². The number of amides is 1. The number of carbonyl (C=O) groups excluding carboxylic acids is 1. The van der Waals surface area contributed by atoms with E-state index in [4.69, 9.17) is 10.00 Å². The monoisotopic (exact) mass is 492 g/mol. The number of benzene rings is 1. The lowest BCUT2D eigenvalue weighted by Gasteiger charge is -2.19. The van der Waals surface area contributed by atoms with Gasteiger partial charge in [0.25, 0.3) is 5.91 Å². The topological polar surface area (TPSA) is 113 Å². The summed E-state index contributed by atoms with van der Waals surface area (Å²) in [7, 11) is -2.89. The smallest absolute Gasteiger partial charge is 0.257 e. The molecule has 1 aromatic heterocycles. The first-order valence-corrected chi connectivity index (χ1v) is 11.7. The largest absolute Gasteiger partial charge is 0.379 e. The quantitative estimate of drug-likeness (QED) is 0.363. The minimum Gasteiger partial charge on any atom is -0.379 e. The van der Waals surface area contributed by atoms with E-state index in [-0.39, 0.29) is 23.6 Å². The standard InChI is InChI=1S/C20H21BrN4O4S/c1-13-18(21)19(26)17(10-25(13)15-7-8-29-11-15)20(27)23-9-14-3-5-16(6-4-14)30(2,28)24-12-22/h3-6,10,15H,2,7-9,11H2,1H3,(H,23,27)(H,24,28). The van der Waals surface area contributed by atoms with Gasteiger partial charge in [-0.05, 0) is 52.8 Å². The molecule has 3 rings (SSSR count). The van der Waals surface area contributed by atoms with E-state index in [1.807, 2.05) is 11.5 Å². The normalized spacial score (nSPS) is 17.7. The number of aromatic nitrogens is 1. The molecule has 0 spiro atoms. The van der Waals surface area contributed by atoms with E-state index in [9.17, 15) is 13.8 Å². The number of hydrogen-bond acceptors (Lipinski definition) is 5. The van der Waals surface area contributed by atoms with Crippen LogP contribution in [-0.4, -0.2) is 33.8 Å². The Labute approximate surface area is 183 Å². The molecule has 1 aliphatic rings. The molecule has 30 heavy (non-hydrogen) atoms. The number of nitrogens with one attached hydrogen (secondary N) is 2. The molecule has 0 radical (unpaired) electrons. The van der Waals surface area contributed by atoms with Gasteiger partial charge in [-0.2, -0.15) is 5.26 Å². The number of rotatable bonds is 6. The summed E-state index contributed by atoms with van der Waals surface area (Å²) in [5.41, 5.74) is 1.19. The van der Waals surface area contributed by atoms with Gasteiger partial charge in [-0.15, -0.1) is 0 Å². The maximum Gasteiger partial charge on any atom is 0.257 e. The van der Waals surface area contributed by atoms with Crippen molar-refractivity contribution < 1.29 is 13.7 Å².